The SMILES string of the molecule is COc1ccc(CN(C(=O)CN(c2ccc3c(c2)OCO3)S(C)(=O)=O)[C@H](C)C(=O)NC2CCCC2)cc1. The van der Waals surface area contributed by atoms with Gasteiger partial charge in [0.25, 0.3) is 0 Å². The molecule has 0 bridgehead atoms. The summed E-state index contributed by atoms with van der Waals surface area (Å²) >= 11 is 0. The molecule has 1 fully saturated rings. The van der Waals surface area contributed by atoms with Crippen LogP contribution in [0.3, 0.4) is 0 Å². The van der Waals surface area contributed by atoms with Crippen molar-refractivity contribution in [3.8, 4) is 17.2 Å². The predicted octanol–water partition coefficient (Wildman–Crippen LogP) is 2.67. The van der Waals surface area contributed by atoms with Crippen LogP contribution in [-0.4, -0.2) is 63.9 Å². The monoisotopic (exact) mass is 531 g/mol. The van der Waals surface area contributed by atoms with E-state index in [0.717, 1.165) is 41.8 Å². The minimum absolute atomic E-state index is 0.0415. The van der Waals surface area contributed by atoms with Gasteiger partial charge in [-0.25, -0.2) is 8.42 Å². The lowest BCUT2D eigenvalue weighted by molar-refractivity contribution is -0.139. The summed E-state index contributed by atoms with van der Waals surface area (Å²) in [5.74, 6) is 0.801. The number of rotatable bonds is 10. The van der Waals surface area contributed by atoms with Gasteiger partial charge in [0.2, 0.25) is 28.6 Å². The summed E-state index contributed by atoms with van der Waals surface area (Å²) in [6, 6.07) is 11.1. The molecular formula is C26H33N3O7S. The van der Waals surface area contributed by atoms with Crippen LogP contribution < -0.4 is 23.8 Å². The molecule has 2 aromatic rings. The van der Waals surface area contributed by atoms with Gasteiger partial charge in [-0.2, -0.15) is 0 Å². The molecule has 0 saturated heterocycles. The second-order valence-electron chi connectivity index (χ2n) is 9.34. The minimum Gasteiger partial charge on any atom is -0.497 e. The average Bonchev–Trinajstić information content (AvgIpc) is 3.56. The van der Waals surface area contributed by atoms with Crippen LogP contribution >= 0.6 is 0 Å². The Kier molecular flexibility index (Phi) is 8.11. The molecule has 2 amide bonds. The number of carbonyl (C=O) groups excluding carboxylic acids is 2. The van der Waals surface area contributed by atoms with Gasteiger partial charge in [-0.15, -0.1) is 0 Å². The van der Waals surface area contributed by atoms with Crippen molar-refractivity contribution in [2.45, 2.75) is 51.2 Å². The number of fused-ring (bicyclic) bond motifs is 1. The first-order valence-electron chi connectivity index (χ1n) is 12.3. The van der Waals surface area contributed by atoms with E-state index in [9.17, 15) is 18.0 Å². The number of methoxy groups -OCH3 is 1. The van der Waals surface area contributed by atoms with Crippen LogP contribution in [0.5, 0.6) is 17.2 Å². The van der Waals surface area contributed by atoms with Crippen LogP contribution in [0.4, 0.5) is 5.69 Å². The van der Waals surface area contributed by atoms with Gasteiger partial charge in [0.15, 0.2) is 11.5 Å². The van der Waals surface area contributed by atoms with Crippen molar-refractivity contribution in [3.63, 3.8) is 0 Å². The molecule has 1 saturated carbocycles. The Bertz CT molecular complexity index is 1230. The second kappa shape index (κ2) is 11.3. The summed E-state index contributed by atoms with van der Waals surface area (Å²) in [7, 11) is -2.27. The Morgan fingerprint density at radius 1 is 1.08 bits per heavy atom. The fourth-order valence-electron chi connectivity index (χ4n) is 4.56. The number of amides is 2. The molecule has 11 heteroatoms. The van der Waals surface area contributed by atoms with Gasteiger partial charge >= 0.3 is 0 Å². The summed E-state index contributed by atoms with van der Waals surface area (Å²) < 4.78 is 42.4. The van der Waals surface area contributed by atoms with Crippen LogP contribution in [0.15, 0.2) is 42.5 Å². The smallest absolute Gasteiger partial charge is 0.244 e. The van der Waals surface area contributed by atoms with E-state index in [4.69, 9.17) is 14.2 Å². The number of anilines is 1. The summed E-state index contributed by atoms with van der Waals surface area (Å²) in [6.45, 7) is 1.35. The standard InChI is InChI=1S/C26H33N3O7S/c1-18(26(31)27-20-6-4-5-7-20)28(15-19-8-11-22(34-2)12-9-19)25(30)16-29(37(3,32)33)21-10-13-23-24(14-21)36-17-35-23/h8-14,18,20H,4-7,15-17H2,1-3H3,(H,27,31)/t18-/m1/s1. The lowest BCUT2D eigenvalue weighted by atomic mass is 10.1. The van der Waals surface area contributed by atoms with Crippen molar-refractivity contribution in [2.75, 3.05) is 31.0 Å². The van der Waals surface area contributed by atoms with E-state index in [-0.39, 0.29) is 31.0 Å². The molecule has 1 N–H and O–H groups in total. The molecule has 0 aromatic heterocycles. The Hall–Kier alpha value is -3.47. The number of benzene rings is 2. The van der Waals surface area contributed by atoms with Gasteiger partial charge in [-0.1, -0.05) is 25.0 Å². The van der Waals surface area contributed by atoms with Crippen molar-refractivity contribution in [3.05, 3.63) is 48.0 Å². The Labute approximate surface area is 217 Å². The van der Waals surface area contributed by atoms with Gasteiger partial charge in [0, 0.05) is 18.7 Å². The third-order valence-corrected chi connectivity index (χ3v) is 7.84. The number of carbonyl (C=O) groups is 2. The fraction of sp³-hybridized carbons (Fsp3) is 0.462. The Morgan fingerprint density at radius 3 is 2.41 bits per heavy atom. The average molecular weight is 532 g/mol. The largest absolute Gasteiger partial charge is 0.497 e. The maximum atomic E-state index is 13.7. The summed E-state index contributed by atoms with van der Waals surface area (Å²) in [5.41, 5.74) is 1.05. The molecule has 1 aliphatic heterocycles. The fourth-order valence-corrected chi connectivity index (χ4v) is 5.40. The van der Waals surface area contributed by atoms with Gasteiger partial charge in [0.1, 0.15) is 18.3 Å². The molecule has 1 aliphatic carbocycles. The van der Waals surface area contributed by atoms with Crippen molar-refractivity contribution in [1.29, 1.82) is 0 Å². The van der Waals surface area contributed by atoms with E-state index in [1.807, 2.05) is 12.1 Å². The van der Waals surface area contributed by atoms with Gasteiger partial charge < -0.3 is 24.4 Å². The number of hydrogen-bond acceptors (Lipinski definition) is 7. The van der Waals surface area contributed by atoms with Crippen molar-refractivity contribution in [1.82, 2.24) is 10.2 Å². The molecule has 0 spiro atoms. The molecule has 0 radical (unpaired) electrons. The highest BCUT2D eigenvalue weighted by molar-refractivity contribution is 7.92. The number of sulfonamides is 1. The molecule has 1 atom stereocenters. The topological polar surface area (TPSA) is 114 Å². The number of ether oxygens (including phenoxy) is 3. The Morgan fingerprint density at radius 2 is 1.76 bits per heavy atom. The normalized spacial score (nSPS) is 15.8. The predicted molar refractivity (Wildman–Crippen MR) is 138 cm³/mol. The van der Waals surface area contributed by atoms with E-state index >= 15 is 0 Å². The maximum absolute atomic E-state index is 13.7. The minimum atomic E-state index is -3.84. The molecule has 4 rings (SSSR count). The van der Waals surface area contributed by atoms with Crippen molar-refractivity contribution < 1.29 is 32.2 Å². The van der Waals surface area contributed by atoms with E-state index in [2.05, 4.69) is 5.32 Å². The Balaban J connectivity index is 1.59. The quantitative estimate of drug-likeness (QED) is 0.501. The lowest BCUT2D eigenvalue weighted by Gasteiger charge is -2.32. The van der Waals surface area contributed by atoms with E-state index in [1.54, 1.807) is 38.3 Å². The first kappa shape index (κ1) is 26.6. The zero-order chi connectivity index (χ0) is 26.6. The van der Waals surface area contributed by atoms with E-state index in [0.29, 0.717) is 17.2 Å². The molecule has 1 heterocycles. The number of hydrogen-bond donors (Lipinski definition) is 1. The van der Waals surface area contributed by atoms with Crippen molar-refractivity contribution >= 4 is 27.5 Å². The number of nitrogens with zero attached hydrogens (tertiary/aromatic N) is 2. The van der Waals surface area contributed by atoms with Gasteiger partial charge in [-0.05, 0) is 49.6 Å². The van der Waals surface area contributed by atoms with Gasteiger partial charge in [0.05, 0.1) is 19.1 Å². The van der Waals surface area contributed by atoms with Crippen LogP contribution in [-0.2, 0) is 26.2 Å². The van der Waals surface area contributed by atoms with Crippen molar-refractivity contribution in [2.24, 2.45) is 0 Å². The van der Waals surface area contributed by atoms with E-state index < -0.39 is 28.5 Å². The van der Waals surface area contributed by atoms with Crippen LogP contribution in [0.1, 0.15) is 38.2 Å². The van der Waals surface area contributed by atoms with E-state index in [1.165, 1.54) is 11.0 Å². The highest BCUT2D eigenvalue weighted by atomic mass is 32.2. The zero-order valence-corrected chi connectivity index (χ0v) is 22.1. The van der Waals surface area contributed by atoms with Crippen LogP contribution in [0.2, 0.25) is 0 Å². The molecule has 10 nitrogen and oxygen atoms in total. The molecule has 37 heavy (non-hydrogen) atoms. The highest BCUT2D eigenvalue weighted by Gasteiger charge is 2.32. The third kappa shape index (κ3) is 6.46. The lowest BCUT2D eigenvalue weighted by Crippen LogP contribution is -2.52. The first-order valence-corrected chi connectivity index (χ1v) is 14.1. The van der Waals surface area contributed by atoms with Gasteiger partial charge in [-0.3, -0.25) is 13.9 Å². The molecule has 200 valence electrons. The zero-order valence-electron chi connectivity index (χ0n) is 21.3. The van der Waals surface area contributed by atoms with Crippen LogP contribution in [0, 0.1) is 0 Å². The molecule has 2 aromatic carbocycles. The molecule has 2 aliphatic rings. The third-order valence-electron chi connectivity index (χ3n) is 6.70. The first-order chi connectivity index (χ1) is 17.7. The second-order valence-corrected chi connectivity index (χ2v) is 11.2. The number of nitrogens with one attached hydrogen (secondary N) is 1. The summed E-state index contributed by atoms with van der Waals surface area (Å²) in [4.78, 5) is 28.2. The molecular weight excluding hydrogens is 498 g/mol. The van der Waals surface area contributed by atoms with Crippen LogP contribution in [0.25, 0.3) is 0 Å². The maximum Gasteiger partial charge on any atom is 0.244 e. The summed E-state index contributed by atoms with van der Waals surface area (Å²) in [5, 5.41) is 3.05. The summed E-state index contributed by atoms with van der Waals surface area (Å²) in [6.07, 6.45) is 4.99. The molecule has 0 unspecified atom stereocenters. The highest BCUT2D eigenvalue weighted by Crippen LogP contribution is 2.36.